The first-order chi connectivity index (χ1) is 8.10. The molecule has 2 rings (SSSR count). The minimum absolute atomic E-state index is 0.00898. The van der Waals surface area contributed by atoms with Crippen molar-refractivity contribution in [3.8, 4) is 0 Å². The van der Waals surface area contributed by atoms with Gasteiger partial charge in [-0.2, -0.15) is 0 Å². The van der Waals surface area contributed by atoms with Crippen molar-refractivity contribution in [2.45, 2.75) is 26.8 Å². The molecule has 2 N–H and O–H groups in total. The zero-order chi connectivity index (χ0) is 12.4. The lowest BCUT2D eigenvalue weighted by atomic mass is 10.2. The number of rotatable bonds is 4. The number of ketones is 1. The molecule has 0 aromatic carbocycles. The van der Waals surface area contributed by atoms with Gasteiger partial charge in [0.2, 0.25) is 0 Å². The van der Waals surface area contributed by atoms with Gasteiger partial charge < -0.3 is 5.73 Å². The van der Waals surface area contributed by atoms with E-state index in [0.717, 1.165) is 20.6 Å². The number of carbonyl (C=O) groups excluding carboxylic acids is 1. The van der Waals surface area contributed by atoms with Crippen molar-refractivity contribution in [1.82, 2.24) is 9.97 Å². The topological polar surface area (TPSA) is 68.9 Å². The summed E-state index contributed by atoms with van der Waals surface area (Å²) in [4.78, 5) is 21.6. The maximum atomic E-state index is 11.9. The molecule has 90 valence electrons. The molecule has 0 radical (unpaired) electrons. The average Bonchev–Trinajstić information content (AvgIpc) is 2.87. The summed E-state index contributed by atoms with van der Waals surface area (Å²) in [5.74, 6) is 0.00898. The van der Waals surface area contributed by atoms with Crippen molar-refractivity contribution in [1.29, 1.82) is 0 Å². The van der Waals surface area contributed by atoms with Gasteiger partial charge >= 0.3 is 0 Å². The minimum atomic E-state index is 0.00898. The number of thiazole rings is 2. The normalized spacial score (nSPS) is 10.8. The van der Waals surface area contributed by atoms with Gasteiger partial charge in [-0.15, -0.1) is 22.7 Å². The van der Waals surface area contributed by atoms with E-state index in [1.165, 1.54) is 11.3 Å². The lowest BCUT2D eigenvalue weighted by molar-refractivity contribution is 0.0988. The number of carbonyl (C=O) groups is 1. The first-order valence-corrected chi connectivity index (χ1v) is 6.90. The molecular weight excluding hydrogens is 254 g/mol. The summed E-state index contributed by atoms with van der Waals surface area (Å²) >= 11 is 2.99. The molecule has 2 heterocycles. The molecule has 2 aromatic heterocycles. The SMILES string of the molecule is Cc1nc(CC(=O)c2csc(CN)n2)sc1C. The van der Waals surface area contributed by atoms with Gasteiger partial charge in [-0.1, -0.05) is 0 Å². The van der Waals surface area contributed by atoms with Crippen LogP contribution in [0.25, 0.3) is 0 Å². The highest BCUT2D eigenvalue weighted by molar-refractivity contribution is 7.11. The predicted molar refractivity (Wildman–Crippen MR) is 69.6 cm³/mol. The number of hydrogen-bond donors (Lipinski definition) is 1. The Hall–Kier alpha value is -1.11. The van der Waals surface area contributed by atoms with E-state index in [1.807, 2.05) is 13.8 Å². The summed E-state index contributed by atoms with van der Waals surface area (Å²) in [7, 11) is 0. The molecule has 0 saturated carbocycles. The molecule has 6 heteroatoms. The van der Waals surface area contributed by atoms with E-state index >= 15 is 0 Å². The van der Waals surface area contributed by atoms with E-state index in [4.69, 9.17) is 5.73 Å². The van der Waals surface area contributed by atoms with Crippen LogP contribution in [-0.4, -0.2) is 15.8 Å². The Balaban J connectivity index is 2.11. The van der Waals surface area contributed by atoms with Crippen LogP contribution in [0.3, 0.4) is 0 Å². The van der Waals surface area contributed by atoms with Crippen LogP contribution in [0.5, 0.6) is 0 Å². The number of nitrogens with zero attached hydrogens (tertiary/aromatic N) is 2. The summed E-state index contributed by atoms with van der Waals surface area (Å²) in [6.07, 6.45) is 0.326. The maximum Gasteiger partial charge on any atom is 0.188 e. The van der Waals surface area contributed by atoms with E-state index in [-0.39, 0.29) is 5.78 Å². The Bertz CT molecular complexity index is 525. The summed E-state index contributed by atoms with van der Waals surface area (Å²) in [5.41, 5.74) is 6.97. The van der Waals surface area contributed by atoms with Crippen LogP contribution in [0.15, 0.2) is 5.38 Å². The Kier molecular flexibility index (Phi) is 3.66. The monoisotopic (exact) mass is 267 g/mol. The van der Waals surface area contributed by atoms with Crippen LogP contribution in [0, 0.1) is 13.8 Å². The number of aromatic nitrogens is 2. The van der Waals surface area contributed by atoms with Gasteiger partial charge in [-0.3, -0.25) is 4.79 Å². The second-order valence-corrected chi connectivity index (χ2v) is 5.91. The zero-order valence-electron chi connectivity index (χ0n) is 9.69. The molecule has 0 aliphatic rings. The van der Waals surface area contributed by atoms with Crippen LogP contribution < -0.4 is 5.73 Å². The summed E-state index contributed by atoms with van der Waals surface area (Å²) in [6.45, 7) is 4.35. The highest BCUT2D eigenvalue weighted by atomic mass is 32.1. The number of aryl methyl sites for hydroxylation is 2. The summed E-state index contributed by atoms with van der Waals surface area (Å²) in [6, 6.07) is 0. The van der Waals surface area contributed by atoms with E-state index in [1.54, 1.807) is 16.7 Å². The largest absolute Gasteiger partial charge is 0.325 e. The van der Waals surface area contributed by atoms with Gasteiger partial charge in [-0.05, 0) is 13.8 Å². The molecule has 0 spiro atoms. The molecule has 0 unspecified atom stereocenters. The van der Waals surface area contributed by atoms with Crippen LogP contribution in [-0.2, 0) is 13.0 Å². The van der Waals surface area contributed by atoms with E-state index in [0.29, 0.717) is 18.7 Å². The number of nitrogens with two attached hydrogens (primary N) is 1. The quantitative estimate of drug-likeness (QED) is 0.861. The molecule has 4 nitrogen and oxygen atoms in total. The van der Waals surface area contributed by atoms with Crippen molar-refractivity contribution in [2.75, 3.05) is 0 Å². The average molecular weight is 267 g/mol. The summed E-state index contributed by atoms with van der Waals surface area (Å²) < 4.78 is 0. The first kappa shape index (κ1) is 12.3. The third kappa shape index (κ3) is 2.77. The van der Waals surface area contributed by atoms with Crippen molar-refractivity contribution < 1.29 is 4.79 Å². The fraction of sp³-hybridized carbons (Fsp3) is 0.364. The Morgan fingerprint density at radius 3 is 2.65 bits per heavy atom. The van der Waals surface area contributed by atoms with Gasteiger partial charge in [0.15, 0.2) is 5.78 Å². The molecule has 0 aliphatic heterocycles. The van der Waals surface area contributed by atoms with Crippen molar-refractivity contribution in [2.24, 2.45) is 5.73 Å². The molecule has 0 bridgehead atoms. The number of Topliss-reactive ketones (excluding diaryl/α,β-unsaturated/α-hetero) is 1. The fourth-order valence-electron chi connectivity index (χ4n) is 1.38. The maximum absolute atomic E-state index is 11.9. The molecular formula is C11H13N3OS2. The van der Waals surface area contributed by atoms with Gasteiger partial charge in [0, 0.05) is 16.8 Å². The highest BCUT2D eigenvalue weighted by Gasteiger charge is 2.14. The van der Waals surface area contributed by atoms with E-state index in [9.17, 15) is 4.79 Å². The zero-order valence-corrected chi connectivity index (χ0v) is 11.3. The van der Waals surface area contributed by atoms with Crippen LogP contribution in [0.2, 0.25) is 0 Å². The van der Waals surface area contributed by atoms with Crippen LogP contribution in [0.4, 0.5) is 0 Å². The Morgan fingerprint density at radius 2 is 2.12 bits per heavy atom. The molecule has 0 atom stereocenters. The van der Waals surface area contributed by atoms with Gasteiger partial charge in [0.1, 0.15) is 15.7 Å². The van der Waals surface area contributed by atoms with Crippen molar-refractivity contribution >= 4 is 28.5 Å². The van der Waals surface area contributed by atoms with Crippen LogP contribution in [0.1, 0.15) is 31.1 Å². The van der Waals surface area contributed by atoms with E-state index in [2.05, 4.69) is 9.97 Å². The lowest BCUT2D eigenvalue weighted by Crippen LogP contribution is -2.05. The van der Waals surface area contributed by atoms with Gasteiger partial charge in [-0.25, -0.2) is 9.97 Å². The smallest absolute Gasteiger partial charge is 0.188 e. The highest BCUT2D eigenvalue weighted by Crippen LogP contribution is 2.19. The van der Waals surface area contributed by atoms with Crippen molar-refractivity contribution in [3.05, 3.63) is 31.7 Å². The second-order valence-electron chi connectivity index (χ2n) is 3.68. The molecule has 0 fully saturated rings. The molecule has 0 aliphatic carbocycles. The first-order valence-electron chi connectivity index (χ1n) is 5.20. The Morgan fingerprint density at radius 1 is 1.35 bits per heavy atom. The van der Waals surface area contributed by atoms with Crippen LogP contribution >= 0.6 is 22.7 Å². The second kappa shape index (κ2) is 5.03. The predicted octanol–water partition coefficient (Wildman–Crippen LogP) is 2.10. The minimum Gasteiger partial charge on any atom is -0.325 e. The molecule has 17 heavy (non-hydrogen) atoms. The number of hydrogen-bond acceptors (Lipinski definition) is 6. The molecule has 0 amide bonds. The van der Waals surface area contributed by atoms with E-state index < -0.39 is 0 Å². The fourth-order valence-corrected chi connectivity index (χ4v) is 2.99. The Labute approximate surface area is 108 Å². The van der Waals surface area contributed by atoms with Gasteiger partial charge in [0.25, 0.3) is 0 Å². The lowest BCUT2D eigenvalue weighted by Gasteiger charge is -1.92. The molecule has 0 saturated heterocycles. The van der Waals surface area contributed by atoms with Gasteiger partial charge in [0.05, 0.1) is 12.1 Å². The van der Waals surface area contributed by atoms with Crippen molar-refractivity contribution in [3.63, 3.8) is 0 Å². The third-order valence-electron chi connectivity index (χ3n) is 2.40. The standard InChI is InChI=1S/C11H13N3OS2/c1-6-7(2)17-10(13-6)3-9(15)8-5-16-11(4-12)14-8/h5H,3-4,12H2,1-2H3. The third-order valence-corrected chi connectivity index (χ3v) is 4.34. The summed E-state index contributed by atoms with van der Waals surface area (Å²) in [5, 5.41) is 3.41. The molecule has 2 aromatic rings.